The Kier molecular flexibility index (Phi) is 6.01. The van der Waals surface area contributed by atoms with Crippen LogP contribution < -0.4 is 11.3 Å². The van der Waals surface area contributed by atoms with Crippen LogP contribution in [0.5, 0.6) is 0 Å². The lowest BCUT2D eigenvalue weighted by Crippen LogP contribution is -2.38. The van der Waals surface area contributed by atoms with Crippen LogP contribution in [0, 0.1) is 0 Å². The van der Waals surface area contributed by atoms with Crippen LogP contribution in [0.15, 0.2) is 12.3 Å². The lowest BCUT2D eigenvalue weighted by atomic mass is 9.99. The molecule has 1 aromatic rings. The summed E-state index contributed by atoms with van der Waals surface area (Å²) in [6, 6.07) is 2.77. The molecule has 114 valence electrons. The zero-order chi connectivity index (χ0) is 14.4. The van der Waals surface area contributed by atoms with Crippen molar-refractivity contribution in [3.05, 3.63) is 18.0 Å². The molecule has 0 radical (unpaired) electrons. The Morgan fingerprint density at radius 2 is 2.35 bits per heavy atom. The number of nitrogens with two attached hydrogens (primary N) is 1. The molecule has 0 aliphatic carbocycles. The van der Waals surface area contributed by atoms with Crippen LogP contribution in [0.2, 0.25) is 0 Å². The maximum Gasteiger partial charge on any atom is 0.0640 e. The Morgan fingerprint density at radius 3 is 2.95 bits per heavy atom. The fourth-order valence-corrected chi connectivity index (χ4v) is 2.69. The average Bonchev–Trinajstić information content (AvgIpc) is 2.93. The highest BCUT2D eigenvalue weighted by molar-refractivity contribution is 5.02. The first-order valence-electron chi connectivity index (χ1n) is 7.80. The maximum absolute atomic E-state index is 5.77. The highest BCUT2D eigenvalue weighted by atomic mass is 16.5. The third-order valence-electron chi connectivity index (χ3n) is 3.99. The van der Waals surface area contributed by atoms with Gasteiger partial charge < -0.3 is 4.74 Å². The van der Waals surface area contributed by atoms with Crippen molar-refractivity contribution in [1.82, 2.24) is 15.2 Å². The zero-order valence-electron chi connectivity index (χ0n) is 12.7. The van der Waals surface area contributed by atoms with Gasteiger partial charge in [-0.15, -0.1) is 0 Å². The van der Waals surface area contributed by atoms with E-state index in [9.17, 15) is 0 Å². The molecule has 2 rings (SSSR count). The monoisotopic (exact) mass is 280 g/mol. The topological polar surface area (TPSA) is 65.1 Å². The number of hydrogen-bond acceptors (Lipinski definition) is 4. The van der Waals surface area contributed by atoms with Gasteiger partial charge in [0, 0.05) is 31.3 Å². The normalized spacial score (nSPS) is 21.3. The van der Waals surface area contributed by atoms with Crippen molar-refractivity contribution in [2.45, 2.75) is 70.6 Å². The molecule has 2 heterocycles. The van der Waals surface area contributed by atoms with E-state index in [0.717, 1.165) is 31.6 Å². The molecule has 5 nitrogen and oxygen atoms in total. The lowest BCUT2D eigenvalue weighted by molar-refractivity contribution is 0.00857. The maximum atomic E-state index is 5.77. The summed E-state index contributed by atoms with van der Waals surface area (Å²) in [4.78, 5) is 0. The molecule has 3 N–H and O–H groups in total. The Morgan fingerprint density at radius 1 is 1.50 bits per heavy atom. The molecule has 0 spiro atoms. The van der Waals surface area contributed by atoms with E-state index in [4.69, 9.17) is 10.6 Å². The fourth-order valence-electron chi connectivity index (χ4n) is 2.69. The third-order valence-corrected chi connectivity index (χ3v) is 3.99. The molecule has 5 heteroatoms. The SMILES string of the molecule is CC(C)n1ccc(CC(CCC2CCCCO2)NN)n1. The van der Waals surface area contributed by atoms with Crippen LogP contribution >= 0.6 is 0 Å². The Balaban J connectivity index is 1.78. The fraction of sp³-hybridized carbons (Fsp3) is 0.800. The summed E-state index contributed by atoms with van der Waals surface area (Å²) in [6.45, 7) is 5.19. The van der Waals surface area contributed by atoms with Crippen molar-refractivity contribution in [1.29, 1.82) is 0 Å². The molecule has 1 aliphatic heterocycles. The van der Waals surface area contributed by atoms with E-state index in [1.54, 1.807) is 0 Å². The number of rotatable bonds is 7. The Labute approximate surface area is 121 Å². The van der Waals surface area contributed by atoms with Crippen molar-refractivity contribution in [2.24, 2.45) is 5.84 Å². The summed E-state index contributed by atoms with van der Waals surface area (Å²) in [5.74, 6) is 5.68. The molecule has 1 aliphatic rings. The highest BCUT2D eigenvalue weighted by Gasteiger charge is 2.17. The number of aromatic nitrogens is 2. The molecule has 0 amide bonds. The van der Waals surface area contributed by atoms with E-state index in [1.807, 2.05) is 10.9 Å². The number of ether oxygens (including phenoxy) is 1. The van der Waals surface area contributed by atoms with Gasteiger partial charge in [0.25, 0.3) is 0 Å². The molecule has 2 unspecified atom stereocenters. The smallest absolute Gasteiger partial charge is 0.0640 e. The quantitative estimate of drug-likeness (QED) is 0.593. The predicted octanol–water partition coefficient (Wildman–Crippen LogP) is 2.19. The molecular formula is C15H28N4O. The van der Waals surface area contributed by atoms with E-state index in [0.29, 0.717) is 12.1 Å². The van der Waals surface area contributed by atoms with Crippen LogP contribution in [0.3, 0.4) is 0 Å². The molecule has 0 aromatic carbocycles. The highest BCUT2D eigenvalue weighted by Crippen LogP contribution is 2.18. The number of nitrogens with zero attached hydrogens (tertiary/aromatic N) is 2. The van der Waals surface area contributed by atoms with Gasteiger partial charge in [0.05, 0.1) is 11.8 Å². The van der Waals surface area contributed by atoms with Crippen LogP contribution in [0.4, 0.5) is 0 Å². The number of hydrogen-bond donors (Lipinski definition) is 2. The molecule has 2 atom stereocenters. The van der Waals surface area contributed by atoms with Gasteiger partial charge in [0.15, 0.2) is 0 Å². The van der Waals surface area contributed by atoms with Crippen molar-refractivity contribution in [2.75, 3.05) is 6.61 Å². The summed E-state index contributed by atoms with van der Waals surface area (Å²) >= 11 is 0. The first-order chi connectivity index (χ1) is 9.69. The first-order valence-corrected chi connectivity index (χ1v) is 7.80. The van der Waals surface area contributed by atoms with Gasteiger partial charge >= 0.3 is 0 Å². The number of hydrazine groups is 1. The second-order valence-electron chi connectivity index (χ2n) is 6.01. The zero-order valence-corrected chi connectivity index (χ0v) is 12.7. The molecule has 1 aromatic heterocycles. The van der Waals surface area contributed by atoms with E-state index in [2.05, 4.69) is 30.4 Å². The second kappa shape index (κ2) is 7.76. The van der Waals surface area contributed by atoms with Gasteiger partial charge in [-0.25, -0.2) is 0 Å². The summed E-state index contributed by atoms with van der Waals surface area (Å²) in [7, 11) is 0. The van der Waals surface area contributed by atoms with Crippen LogP contribution in [0.1, 0.15) is 57.7 Å². The summed E-state index contributed by atoms with van der Waals surface area (Å²) in [5.41, 5.74) is 4.03. The third kappa shape index (κ3) is 4.58. The van der Waals surface area contributed by atoms with Crippen molar-refractivity contribution < 1.29 is 4.74 Å². The lowest BCUT2D eigenvalue weighted by Gasteiger charge is -2.24. The average molecular weight is 280 g/mol. The predicted molar refractivity (Wildman–Crippen MR) is 80.3 cm³/mol. The van der Waals surface area contributed by atoms with Crippen LogP contribution in [-0.2, 0) is 11.2 Å². The molecule has 1 fully saturated rings. The first kappa shape index (κ1) is 15.5. The van der Waals surface area contributed by atoms with Crippen molar-refractivity contribution in [3.8, 4) is 0 Å². The van der Waals surface area contributed by atoms with Crippen LogP contribution in [-0.4, -0.2) is 28.5 Å². The molecule has 1 saturated heterocycles. The van der Waals surface area contributed by atoms with Gasteiger partial charge in [-0.2, -0.15) is 5.10 Å². The molecular weight excluding hydrogens is 252 g/mol. The van der Waals surface area contributed by atoms with Gasteiger partial charge in [0.2, 0.25) is 0 Å². The van der Waals surface area contributed by atoms with Crippen LogP contribution in [0.25, 0.3) is 0 Å². The summed E-state index contributed by atoms with van der Waals surface area (Å²) < 4.78 is 7.76. The minimum atomic E-state index is 0.274. The van der Waals surface area contributed by atoms with Gasteiger partial charge in [-0.3, -0.25) is 16.0 Å². The minimum absolute atomic E-state index is 0.274. The Bertz CT molecular complexity index is 385. The molecule has 0 bridgehead atoms. The van der Waals surface area contributed by atoms with Gasteiger partial charge in [-0.1, -0.05) is 0 Å². The Hall–Kier alpha value is -0.910. The standard InChI is InChI=1S/C15H28N4O/c1-12(2)19-9-8-14(18-19)11-13(17-16)6-7-15-5-3-4-10-20-15/h8-9,12-13,15,17H,3-7,10-11,16H2,1-2H3. The van der Waals surface area contributed by atoms with Gasteiger partial charge in [0.1, 0.15) is 0 Å². The summed E-state index contributed by atoms with van der Waals surface area (Å²) in [6.07, 6.45) is 9.16. The molecule has 0 saturated carbocycles. The van der Waals surface area contributed by atoms with E-state index in [-0.39, 0.29) is 6.04 Å². The second-order valence-corrected chi connectivity index (χ2v) is 6.01. The van der Waals surface area contributed by atoms with Crippen molar-refractivity contribution >= 4 is 0 Å². The van der Waals surface area contributed by atoms with Gasteiger partial charge in [-0.05, 0) is 52.0 Å². The minimum Gasteiger partial charge on any atom is -0.378 e. The largest absolute Gasteiger partial charge is 0.378 e. The van der Waals surface area contributed by atoms with Crippen molar-refractivity contribution in [3.63, 3.8) is 0 Å². The van der Waals surface area contributed by atoms with E-state index in [1.165, 1.54) is 19.3 Å². The number of nitrogens with one attached hydrogen (secondary N) is 1. The van der Waals surface area contributed by atoms with E-state index < -0.39 is 0 Å². The summed E-state index contributed by atoms with van der Waals surface area (Å²) in [5, 5.41) is 4.58. The van der Waals surface area contributed by atoms with E-state index >= 15 is 0 Å². The molecule has 20 heavy (non-hydrogen) atoms.